The number of ether oxygens (including phenoxy) is 1. The number of hydrogen-bond acceptors (Lipinski definition) is 1. The Balaban J connectivity index is 2.27. The first-order chi connectivity index (χ1) is 6.69. The minimum atomic E-state index is -0.0773. The molecule has 0 radical (unpaired) electrons. The maximum Gasteiger partial charge on any atom is 0.116 e. The van der Waals surface area contributed by atoms with Crippen molar-refractivity contribution in [2.45, 2.75) is 12.5 Å². The second-order valence-electron chi connectivity index (χ2n) is 3.91. The van der Waals surface area contributed by atoms with E-state index in [0.717, 1.165) is 17.1 Å². The molecule has 1 atom stereocenters. The smallest absolute Gasteiger partial charge is 0.116 e. The summed E-state index contributed by atoms with van der Waals surface area (Å²) >= 11 is 5.91. The Hall–Kier alpha value is -0.990. The first-order valence-corrected chi connectivity index (χ1v) is 4.98. The highest BCUT2D eigenvalue weighted by molar-refractivity contribution is 6.31. The number of nitrogens with one attached hydrogen (secondary N) is 1. The predicted octanol–water partition coefficient (Wildman–Crippen LogP) is 3.07. The Morgan fingerprint density at radius 2 is 2.29 bits per heavy atom. The standard InChI is InChI=1S/C11H10ClNO/c1-11(6-14-11)9-5-13-10-4-7(12)2-3-8(9)10/h2-5,13H,6H2,1H3. The predicted molar refractivity (Wildman–Crippen MR) is 56.6 cm³/mol. The first-order valence-electron chi connectivity index (χ1n) is 4.60. The van der Waals surface area contributed by atoms with Crippen LogP contribution in [-0.4, -0.2) is 11.6 Å². The fourth-order valence-corrected chi connectivity index (χ4v) is 1.97. The molecule has 14 heavy (non-hydrogen) atoms. The summed E-state index contributed by atoms with van der Waals surface area (Å²) in [7, 11) is 0. The Bertz CT molecular complexity index is 499. The molecule has 0 bridgehead atoms. The molecule has 0 amide bonds. The van der Waals surface area contributed by atoms with Crippen molar-refractivity contribution in [3.05, 3.63) is 35.0 Å². The van der Waals surface area contributed by atoms with Gasteiger partial charge in [0, 0.05) is 27.7 Å². The van der Waals surface area contributed by atoms with E-state index in [1.165, 1.54) is 10.9 Å². The van der Waals surface area contributed by atoms with Crippen molar-refractivity contribution in [1.29, 1.82) is 0 Å². The SMILES string of the molecule is CC1(c2c[nH]c3cc(Cl)ccc23)CO1. The van der Waals surface area contributed by atoms with Gasteiger partial charge in [-0.25, -0.2) is 0 Å². The van der Waals surface area contributed by atoms with E-state index in [2.05, 4.69) is 11.9 Å². The van der Waals surface area contributed by atoms with Gasteiger partial charge in [0.15, 0.2) is 0 Å². The molecule has 2 heterocycles. The molecule has 1 N–H and O–H groups in total. The quantitative estimate of drug-likeness (QED) is 0.716. The maximum absolute atomic E-state index is 5.91. The molecular formula is C11H10ClNO. The van der Waals surface area contributed by atoms with Gasteiger partial charge in [0.25, 0.3) is 0 Å². The number of hydrogen-bond donors (Lipinski definition) is 1. The molecule has 2 aromatic rings. The monoisotopic (exact) mass is 207 g/mol. The van der Waals surface area contributed by atoms with E-state index in [4.69, 9.17) is 16.3 Å². The van der Waals surface area contributed by atoms with Crippen molar-refractivity contribution in [3.63, 3.8) is 0 Å². The van der Waals surface area contributed by atoms with Gasteiger partial charge in [0.05, 0.1) is 6.61 Å². The summed E-state index contributed by atoms with van der Waals surface area (Å²) in [5.41, 5.74) is 2.22. The van der Waals surface area contributed by atoms with Crippen LogP contribution in [0.5, 0.6) is 0 Å². The van der Waals surface area contributed by atoms with Gasteiger partial charge < -0.3 is 9.72 Å². The number of epoxide rings is 1. The van der Waals surface area contributed by atoms with E-state index >= 15 is 0 Å². The lowest BCUT2D eigenvalue weighted by molar-refractivity contribution is 0.331. The highest BCUT2D eigenvalue weighted by Gasteiger charge is 2.42. The van der Waals surface area contributed by atoms with Gasteiger partial charge in [-0.1, -0.05) is 17.7 Å². The second kappa shape index (κ2) is 2.53. The van der Waals surface area contributed by atoms with Crippen LogP contribution in [0, 0.1) is 0 Å². The molecule has 2 nitrogen and oxygen atoms in total. The molecule has 0 spiro atoms. The van der Waals surface area contributed by atoms with E-state index in [1.807, 2.05) is 24.4 Å². The van der Waals surface area contributed by atoms with Crippen LogP contribution in [0.25, 0.3) is 10.9 Å². The number of aromatic nitrogens is 1. The molecular weight excluding hydrogens is 198 g/mol. The van der Waals surface area contributed by atoms with Crippen LogP contribution in [0.15, 0.2) is 24.4 Å². The molecule has 3 heteroatoms. The molecule has 1 aromatic carbocycles. The van der Waals surface area contributed by atoms with E-state index in [0.29, 0.717) is 0 Å². The number of H-pyrrole nitrogens is 1. The molecule has 1 aliphatic heterocycles. The van der Waals surface area contributed by atoms with Gasteiger partial charge in [0.2, 0.25) is 0 Å². The van der Waals surface area contributed by atoms with Crippen molar-refractivity contribution in [1.82, 2.24) is 4.98 Å². The molecule has 3 rings (SSSR count). The van der Waals surface area contributed by atoms with Gasteiger partial charge in [-0.05, 0) is 19.1 Å². The lowest BCUT2D eigenvalue weighted by atomic mass is 10.0. The van der Waals surface area contributed by atoms with Gasteiger partial charge in [0.1, 0.15) is 5.60 Å². The third kappa shape index (κ3) is 1.08. The molecule has 0 aliphatic carbocycles. The van der Waals surface area contributed by atoms with Crippen molar-refractivity contribution < 1.29 is 4.74 Å². The summed E-state index contributed by atoms with van der Waals surface area (Å²) in [5, 5.41) is 1.96. The molecule has 1 unspecified atom stereocenters. The third-order valence-electron chi connectivity index (χ3n) is 2.79. The van der Waals surface area contributed by atoms with Gasteiger partial charge in [-0.3, -0.25) is 0 Å². The normalized spacial score (nSPS) is 25.6. The minimum Gasteiger partial charge on any atom is -0.365 e. The van der Waals surface area contributed by atoms with Crippen molar-refractivity contribution in [3.8, 4) is 0 Å². The Labute approximate surface area is 86.8 Å². The summed E-state index contributed by atoms with van der Waals surface area (Å²) in [4.78, 5) is 3.21. The fourth-order valence-electron chi connectivity index (χ4n) is 1.80. The number of aromatic amines is 1. The average molecular weight is 208 g/mol. The number of fused-ring (bicyclic) bond motifs is 1. The van der Waals surface area contributed by atoms with Crippen LogP contribution in [0.1, 0.15) is 12.5 Å². The largest absolute Gasteiger partial charge is 0.365 e. The highest BCUT2D eigenvalue weighted by atomic mass is 35.5. The summed E-state index contributed by atoms with van der Waals surface area (Å²) in [6.07, 6.45) is 2.01. The summed E-state index contributed by atoms with van der Waals surface area (Å²) in [6.45, 7) is 2.91. The minimum absolute atomic E-state index is 0.0773. The lowest BCUT2D eigenvalue weighted by Crippen LogP contribution is -1.99. The number of halogens is 1. The molecule has 1 aromatic heterocycles. The summed E-state index contributed by atoms with van der Waals surface area (Å²) < 4.78 is 5.43. The van der Waals surface area contributed by atoms with Crippen molar-refractivity contribution in [2.24, 2.45) is 0 Å². The molecule has 1 aliphatic rings. The van der Waals surface area contributed by atoms with Crippen LogP contribution in [-0.2, 0) is 10.3 Å². The molecule has 0 saturated carbocycles. The molecule has 1 saturated heterocycles. The zero-order chi connectivity index (χ0) is 9.76. The summed E-state index contributed by atoms with van der Waals surface area (Å²) in [5.74, 6) is 0. The van der Waals surface area contributed by atoms with E-state index in [1.54, 1.807) is 0 Å². The van der Waals surface area contributed by atoms with Crippen molar-refractivity contribution in [2.75, 3.05) is 6.61 Å². The highest BCUT2D eigenvalue weighted by Crippen LogP contribution is 2.41. The third-order valence-corrected chi connectivity index (χ3v) is 3.03. The Morgan fingerprint density at radius 1 is 1.50 bits per heavy atom. The summed E-state index contributed by atoms with van der Waals surface area (Å²) in [6, 6.07) is 5.88. The zero-order valence-electron chi connectivity index (χ0n) is 7.80. The van der Waals surface area contributed by atoms with Crippen LogP contribution in [0.2, 0.25) is 5.02 Å². The number of benzene rings is 1. The van der Waals surface area contributed by atoms with Crippen LogP contribution >= 0.6 is 11.6 Å². The maximum atomic E-state index is 5.91. The van der Waals surface area contributed by atoms with Crippen LogP contribution < -0.4 is 0 Å². The molecule has 72 valence electrons. The first kappa shape index (κ1) is 8.33. The van der Waals surface area contributed by atoms with Crippen molar-refractivity contribution >= 4 is 22.5 Å². The van der Waals surface area contributed by atoms with Gasteiger partial charge in [-0.15, -0.1) is 0 Å². The average Bonchev–Trinajstić information content (AvgIpc) is 2.77. The van der Waals surface area contributed by atoms with Gasteiger partial charge >= 0.3 is 0 Å². The van der Waals surface area contributed by atoms with Crippen LogP contribution in [0.3, 0.4) is 0 Å². The van der Waals surface area contributed by atoms with E-state index in [-0.39, 0.29) is 5.60 Å². The molecule has 1 fully saturated rings. The number of rotatable bonds is 1. The second-order valence-corrected chi connectivity index (χ2v) is 4.35. The topological polar surface area (TPSA) is 28.3 Å². The van der Waals surface area contributed by atoms with E-state index < -0.39 is 0 Å². The Kier molecular flexibility index (Phi) is 1.50. The van der Waals surface area contributed by atoms with E-state index in [9.17, 15) is 0 Å². The van der Waals surface area contributed by atoms with Crippen LogP contribution in [0.4, 0.5) is 0 Å². The fraction of sp³-hybridized carbons (Fsp3) is 0.273. The lowest BCUT2D eigenvalue weighted by Gasteiger charge is -2.02. The zero-order valence-corrected chi connectivity index (χ0v) is 8.56. The Morgan fingerprint density at radius 3 is 3.00 bits per heavy atom. The van der Waals surface area contributed by atoms with Gasteiger partial charge in [-0.2, -0.15) is 0 Å².